The van der Waals surface area contributed by atoms with Crippen molar-refractivity contribution < 1.29 is 18.0 Å². The summed E-state index contributed by atoms with van der Waals surface area (Å²) in [6.07, 6.45) is 2.65. The van der Waals surface area contributed by atoms with Gasteiger partial charge in [0.15, 0.2) is 0 Å². The number of aryl methyl sites for hydroxylation is 2. The van der Waals surface area contributed by atoms with Gasteiger partial charge in [-0.25, -0.2) is 9.97 Å². The lowest BCUT2D eigenvalue weighted by molar-refractivity contribution is -0.138. The van der Waals surface area contributed by atoms with E-state index in [9.17, 15) is 18.0 Å². The standard InChI is InChI=1S/C26H31F3N6O/c1-17(25(30)36)21-6-4-3-5-19(21)7-8-23-22(26(27,28)29)15-31-24(33-23)13-18-14-32-35(16-18)20-9-11-34(2)12-10-20/h3-6,14-17,20H,7-13H2,1-2H3,(H2,30,36)/t17-/m0/s1. The lowest BCUT2D eigenvalue weighted by atomic mass is 9.92. The maximum absolute atomic E-state index is 13.7. The summed E-state index contributed by atoms with van der Waals surface area (Å²) < 4.78 is 43.1. The number of carbonyl (C=O) groups excluding carboxylic acids is 1. The van der Waals surface area contributed by atoms with E-state index in [0.717, 1.165) is 43.3 Å². The zero-order chi connectivity index (χ0) is 25.9. The van der Waals surface area contributed by atoms with Crippen molar-refractivity contribution in [3.05, 3.63) is 76.6 Å². The summed E-state index contributed by atoms with van der Waals surface area (Å²) in [5.74, 6) is -0.700. The van der Waals surface area contributed by atoms with E-state index in [4.69, 9.17) is 5.73 Å². The molecule has 1 fully saturated rings. The molecule has 1 aliphatic heterocycles. The number of hydrogen-bond acceptors (Lipinski definition) is 5. The molecule has 36 heavy (non-hydrogen) atoms. The van der Waals surface area contributed by atoms with Gasteiger partial charge in [0, 0.05) is 18.8 Å². The summed E-state index contributed by atoms with van der Waals surface area (Å²) in [4.78, 5) is 22.3. The van der Waals surface area contributed by atoms with Crippen LogP contribution in [-0.4, -0.2) is 50.7 Å². The first-order valence-corrected chi connectivity index (χ1v) is 12.1. The Morgan fingerprint density at radius 1 is 1.17 bits per heavy atom. The van der Waals surface area contributed by atoms with E-state index in [0.29, 0.717) is 30.3 Å². The van der Waals surface area contributed by atoms with E-state index in [1.54, 1.807) is 31.3 Å². The highest BCUT2D eigenvalue weighted by atomic mass is 19.4. The highest BCUT2D eigenvalue weighted by molar-refractivity contribution is 5.81. The number of alkyl halides is 3. The molecule has 0 unspecified atom stereocenters. The number of rotatable bonds is 8. The Hall–Kier alpha value is -3.27. The van der Waals surface area contributed by atoms with E-state index in [1.807, 2.05) is 16.9 Å². The van der Waals surface area contributed by atoms with Crippen molar-refractivity contribution in [3.8, 4) is 0 Å². The summed E-state index contributed by atoms with van der Waals surface area (Å²) >= 11 is 0. The van der Waals surface area contributed by atoms with Crippen LogP contribution in [0.1, 0.15) is 65.5 Å². The maximum atomic E-state index is 13.7. The molecule has 1 aromatic carbocycles. The molecule has 1 saturated heterocycles. The average Bonchev–Trinajstić information content (AvgIpc) is 3.30. The van der Waals surface area contributed by atoms with Crippen molar-refractivity contribution in [2.24, 2.45) is 5.73 Å². The van der Waals surface area contributed by atoms with E-state index in [2.05, 4.69) is 27.0 Å². The average molecular weight is 501 g/mol. The monoisotopic (exact) mass is 500 g/mol. The van der Waals surface area contributed by atoms with E-state index in [-0.39, 0.29) is 12.1 Å². The summed E-state index contributed by atoms with van der Waals surface area (Å²) in [5.41, 5.74) is 6.91. The van der Waals surface area contributed by atoms with Gasteiger partial charge in [-0.1, -0.05) is 24.3 Å². The number of aromatic nitrogens is 4. The molecule has 4 rings (SSSR count). The lowest BCUT2D eigenvalue weighted by Gasteiger charge is -2.28. The third-order valence-electron chi connectivity index (χ3n) is 6.88. The van der Waals surface area contributed by atoms with Crippen LogP contribution < -0.4 is 5.73 Å². The summed E-state index contributed by atoms with van der Waals surface area (Å²) in [7, 11) is 2.10. The summed E-state index contributed by atoms with van der Waals surface area (Å²) in [6, 6.07) is 7.49. The van der Waals surface area contributed by atoms with Crippen molar-refractivity contribution in [1.82, 2.24) is 24.6 Å². The molecule has 0 bridgehead atoms. The minimum Gasteiger partial charge on any atom is -0.369 e. The minimum atomic E-state index is -4.56. The second kappa shape index (κ2) is 10.8. The Morgan fingerprint density at radius 2 is 1.89 bits per heavy atom. The molecule has 10 heteroatoms. The number of hydrogen-bond donors (Lipinski definition) is 1. The van der Waals surface area contributed by atoms with E-state index >= 15 is 0 Å². The van der Waals surface area contributed by atoms with Crippen molar-refractivity contribution in [1.29, 1.82) is 0 Å². The number of likely N-dealkylation sites (tertiary alicyclic amines) is 1. The van der Waals surface area contributed by atoms with Crippen LogP contribution in [0.25, 0.3) is 0 Å². The molecule has 0 radical (unpaired) electrons. The lowest BCUT2D eigenvalue weighted by Crippen LogP contribution is -2.31. The van der Waals surface area contributed by atoms with Gasteiger partial charge in [-0.05, 0) is 69.4 Å². The smallest absolute Gasteiger partial charge is 0.369 e. The van der Waals surface area contributed by atoms with Crippen LogP contribution in [-0.2, 0) is 30.2 Å². The number of carbonyl (C=O) groups is 1. The molecule has 1 amide bonds. The zero-order valence-electron chi connectivity index (χ0n) is 20.5. The Balaban J connectivity index is 1.53. The first kappa shape index (κ1) is 25.8. The van der Waals surface area contributed by atoms with Crippen LogP contribution in [0.15, 0.2) is 42.9 Å². The van der Waals surface area contributed by atoms with Gasteiger partial charge in [0.25, 0.3) is 0 Å². The molecular formula is C26H31F3N6O. The van der Waals surface area contributed by atoms with Gasteiger partial charge in [-0.15, -0.1) is 0 Å². The second-order valence-electron chi connectivity index (χ2n) is 9.51. The molecule has 0 aliphatic carbocycles. The van der Waals surface area contributed by atoms with Gasteiger partial charge in [0.2, 0.25) is 5.91 Å². The second-order valence-corrected chi connectivity index (χ2v) is 9.51. The number of primary amides is 1. The Kier molecular flexibility index (Phi) is 7.73. The molecule has 3 heterocycles. The van der Waals surface area contributed by atoms with Crippen LogP contribution in [0, 0.1) is 0 Å². The minimum absolute atomic E-state index is 0.0573. The molecule has 2 N–H and O–H groups in total. The van der Waals surface area contributed by atoms with Crippen molar-refractivity contribution in [2.45, 2.75) is 57.2 Å². The van der Waals surface area contributed by atoms with Gasteiger partial charge in [0.1, 0.15) is 5.82 Å². The Labute approximate surface area is 208 Å². The number of amides is 1. The number of nitrogens with two attached hydrogens (primary N) is 1. The number of halogens is 3. The first-order chi connectivity index (χ1) is 17.1. The maximum Gasteiger partial charge on any atom is 0.419 e. The quantitative estimate of drug-likeness (QED) is 0.506. The fourth-order valence-electron chi connectivity index (χ4n) is 4.67. The van der Waals surface area contributed by atoms with Crippen molar-refractivity contribution in [3.63, 3.8) is 0 Å². The molecular weight excluding hydrogens is 469 g/mol. The molecule has 3 aromatic rings. The van der Waals surface area contributed by atoms with Crippen LogP contribution in [0.3, 0.4) is 0 Å². The van der Waals surface area contributed by atoms with Crippen molar-refractivity contribution in [2.75, 3.05) is 20.1 Å². The highest BCUT2D eigenvalue weighted by Crippen LogP contribution is 2.32. The summed E-state index contributed by atoms with van der Waals surface area (Å²) in [6.45, 7) is 3.70. The Morgan fingerprint density at radius 3 is 2.58 bits per heavy atom. The predicted octanol–water partition coefficient (Wildman–Crippen LogP) is 3.92. The largest absolute Gasteiger partial charge is 0.419 e. The van der Waals surface area contributed by atoms with Gasteiger partial charge >= 0.3 is 6.18 Å². The Bertz CT molecular complexity index is 1200. The molecule has 0 saturated carbocycles. The fourth-order valence-corrected chi connectivity index (χ4v) is 4.67. The SMILES string of the molecule is C[C@H](C(N)=O)c1ccccc1CCc1nc(Cc2cnn(C3CCN(C)CC3)c2)ncc1C(F)(F)F. The molecule has 7 nitrogen and oxygen atoms in total. The van der Waals surface area contributed by atoms with Crippen LogP contribution in [0.2, 0.25) is 0 Å². The fraction of sp³-hybridized carbons (Fsp3) is 0.462. The van der Waals surface area contributed by atoms with Crippen LogP contribution >= 0.6 is 0 Å². The third-order valence-corrected chi connectivity index (χ3v) is 6.88. The van der Waals surface area contributed by atoms with Gasteiger partial charge in [-0.2, -0.15) is 18.3 Å². The van der Waals surface area contributed by atoms with E-state index < -0.39 is 23.6 Å². The predicted molar refractivity (Wildman–Crippen MR) is 129 cm³/mol. The normalized spacial score (nSPS) is 16.2. The molecule has 0 spiro atoms. The highest BCUT2D eigenvalue weighted by Gasteiger charge is 2.35. The number of nitrogens with zero attached hydrogens (tertiary/aromatic N) is 5. The topological polar surface area (TPSA) is 89.9 Å². The molecule has 1 atom stereocenters. The molecule has 192 valence electrons. The number of piperidine rings is 1. The van der Waals surface area contributed by atoms with Crippen molar-refractivity contribution >= 4 is 5.91 Å². The third kappa shape index (κ3) is 6.10. The molecule has 1 aliphatic rings. The molecule has 2 aromatic heterocycles. The van der Waals surface area contributed by atoms with Gasteiger partial charge in [-0.3, -0.25) is 9.48 Å². The van der Waals surface area contributed by atoms with Crippen LogP contribution in [0.4, 0.5) is 13.2 Å². The number of benzene rings is 1. The van der Waals surface area contributed by atoms with Gasteiger partial charge < -0.3 is 10.6 Å². The van der Waals surface area contributed by atoms with E-state index in [1.165, 1.54) is 0 Å². The zero-order valence-corrected chi connectivity index (χ0v) is 20.5. The van der Waals surface area contributed by atoms with Gasteiger partial charge in [0.05, 0.1) is 29.4 Å². The first-order valence-electron chi connectivity index (χ1n) is 12.1. The summed E-state index contributed by atoms with van der Waals surface area (Å²) in [5, 5.41) is 4.48. The van der Waals surface area contributed by atoms with Crippen LogP contribution in [0.5, 0.6) is 0 Å².